The molecule has 6 heteroatoms. The van der Waals surface area contributed by atoms with Gasteiger partial charge in [-0.05, 0) is 17.7 Å². The first-order valence-electron chi connectivity index (χ1n) is 4.76. The lowest BCUT2D eigenvalue weighted by atomic mass is 9.99. The molecule has 84 valence electrons. The van der Waals surface area contributed by atoms with Gasteiger partial charge in [0.05, 0.1) is 17.0 Å². The number of aromatic nitrogens is 2. The summed E-state index contributed by atoms with van der Waals surface area (Å²) in [5, 5.41) is 8.94. The molecule has 0 aliphatic rings. The maximum atomic E-state index is 11.0. The summed E-state index contributed by atoms with van der Waals surface area (Å²) in [6, 6.07) is 4.94. The molecule has 1 aromatic heterocycles. The number of H-pyrrole nitrogens is 2. The summed E-state index contributed by atoms with van der Waals surface area (Å²) in [4.78, 5) is 27.1. The van der Waals surface area contributed by atoms with Crippen molar-refractivity contribution in [1.82, 2.24) is 9.97 Å². The number of aromatic amines is 2. The summed E-state index contributed by atoms with van der Waals surface area (Å²) >= 11 is 0. The Hall–Kier alpha value is -2.08. The summed E-state index contributed by atoms with van der Waals surface area (Å²) in [5.41, 5.74) is 6.90. The molecule has 1 aromatic carbocycles. The highest BCUT2D eigenvalue weighted by atomic mass is 16.4. The lowest BCUT2D eigenvalue weighted by Gasteiger charge is -2.09. The predicted octanol–water partition coefficient (Wildman–Crippen LogP) is -0.0169. The number of hydrogen-bond acceptors (Lipinski definition) is 3. The van der Waals surface area contributed by atoms with Crippen molar-refractivity contribution in [1.29, 1.82) is 0 Å². The van der Waals surface area contributed by atoms with Crippen LogP contribution in [-0.2, 0) is 4.79 Å². The van der Waals surface area contributed by atoms with E-state index in [1.807, 2.05) is 0 Å². The van der Waals surface area contributed by atoms with Gasteiger partial charge < -0.3 is 20.8 Å². The fourth-order valence-electron chi connectivity index (χ4n) is 1.65. The van der Waals surface area contributed by atoms with E-state index in [-0.39, 0.29) is 12.2 Å². The van der Waals surface area contributed by atoms with Gasteiger partial charge in [-0.2, -0.15) is 0 Å². The highest BCUT2D eigenvalue weighted by Crippen LogP contribution is 2.18. The van der Waals surface area contributed by atoms with Gasteiger partial charge in [0, 0.05) is 6.54 Å². The van der Waals surface area contributed by atoms with Crippen molar-refractivity contribution < 1.29 is 9.90 Å². The number of benzene rings is 1. The molecule has 5 N–H and O–H groups in total. The Morgan fingerprint density at radius 1 is 1.38 bits per heavy atom. The van der Waals surface area contributed by atoms with E-state index in [1.165, 1.54) is 0 Å². The molecule has 1 atom stereocenters. The van der Waals surface area contributed by atoms with Gasteiger partial charge in [0.1, 0.15) is 0 Å². The van der Waals surface area contributed by atoms with Crippen LogP contribution in [0.4, 0.5) is 0 Å². The first-order chi connectivity index (χ1) is 7.61. The zero-order valence-corrected chi connectivity index (χ0v) is 8.36. The van der Waals surface area contributed by atoms with Crippen LogP contribution < -0.4 is 11.4 Å². The SMILES string of the molecule is NCC(C(=O)O)c1ccc2[nH]c(=O)[nH]c2c1. The standard InChI is InChI=1S/C10H11N3O3/c11-4-6(9(14)15)5-1-2-7-8(3-5)13-10(16)12-7/h1-3,6H,4,11H2,(H,14,15)(H2,12,13,16). The Morgan fingerprint density at radius 2 is 2.06 bits per heavy atom. The lowest BCUT2D eigenvalue weighted by molar-refractivity contribution is -0.138. The van der Waals surface area contributed by atoms with Crippen LogP contribution in [0.1, 0.15) is 11.5 Å². The molecule has 0 aliphatic heterocycles. The van der Waals surface area contributed by atoms with Gasteiger partial charge in [0.15, 0.2) is 0 Å². The monoisotopic (exact) mass is 221 g/mol. The molecular weight excluding hydrogens is 210 g/mol. The van der Waals surface area contributed by atoms with Gasteiger partial charge in [-0.3, -0.25) is 4.79 Å². The molecule has 0 bridgehead atoms. The fourth-order valence-corrected chi connectivity index (χ4v) is 1.65. The molecule has 0 amide bonds. The van der Waals surface area contributed by atoms with Crippen molar-refractivity contribution in [3.63, 3.8) is 0 Å². The van der Waals surface area contributed by atoms with E-state index in [0.717, 1.165) is 0 Å². The van der Waals surface area contributed by atoms with Crippen LogP contribution in [0.5, 0.6) is 0 Å². The maximum absolute atomic E-state index is 11.0. The first-order valence-corrected chi connectivity index (χ1v) is 4.76. The number of carboxylic acid groups (broad SMARTS) is 1. The topological polar surface area (TPSA) is 112 Å². The van der Waals surface area contributed by atoms with Crippen LogP contribution in [0.3, 0.4) is 0 Å². The van der Waals surface area contributed by atoms with Crippen LogP contribution in [-0.4, -0.2) is 27.6 Å². The molecule has 1 heterocycles. The molecule has 2 aromatic rings. The van der Waals surface area contributed by atoms with Crippen LogP contribution in [0, 0.1) is 0 Å². The Labute approximate surface area is 90.1 Å². The zero-order valence-electron chi connectivity index (χ0n) is 8.36. The molecule has 0 spiro atoms. The fraction of sp³-hybridized carbons (Fsp3) is 0.200. The number of imidazole rings is 1. The van der Waals surface area contributed by atoms with Crippen LogP contribution in [0.15, 0.2) is 23.0 Å². The Bertz CT molecular complexity index is 584. The van der Waals surface area contributed by atoms with Crippen LogP contribution in [0.25, 0.3) is 11.0 Å². The zero-order chi connectivity index (χ0) is 11.7. The largest absolute Gasteiger partial charge is 0.481 e. The second-order valence-electron chi connectivity index (χ2n) is 3.51. The number of carboxylic acids is 1. The molecular formula is C10H11N3O3. The molecule has 0 radical (unpaired) electrons. The average molecular weight is 221 g/mol. The summed E-state index contributed by atoms with van der Waals surface area (Å²) < 4.78 is 0. The average Bonchev–Trinajstić information content (AvgIpc) is 2.57. The summed E-state index contributed by atoms with van der Waals surface area (Å²) in [7, 11) is 0. The van der Waals surface area contributed by atoms with Gasteiger partial charge in [-0.15, -0.1) is 0 Å². The molecule has 0 saturated carbocycles. The maximum Gasteiger partial charge on any atom is 0.323 e. The van der Waals surface area contributed by atoms with E-state index < -0.39 is 11.9 Å². The third-order valence-corrected chi connectivity index (χ3v) is 2.48. The number of nitrogens with two attached hydrogens (primary N) is 1. The Kier molecular flexibility index (Phi) is 2.49. The minimum Gasteiger partial charge on any atom is -0.481 e. The van der Waals surface area contributed by atoms with E-state index in [0.29, 0.717) is 16.6 Å². The number of rotatable bonds is 3. The van der Waals surface area contributed by atoms with Crippen molar-refractivity contribution in [2.45, 2.75) is 5.92 Å². The quantitative estimate of drug-likeness (QED) is 0.583. The van der Waals surface area contributed by atoms with Crippen molar-refractivity contribution in [2.75, 3.05) is 6.54 Å². The van der Waals surface area contributed by atoms with Gasteiger partial charge in [-0.25, -0.2) is 4.79 Å². The van der Waals surface area contributed by atoms with Crippen LogP contribution >= 0.6 is 0 Å². The van der Waals surface area contributed by atoms with E-state index in [9.17, 15) is 9.59 Å². The lowest BCUT2D eigenvalue weighted by Crippen LogP contribution is -2.20. The summed E-state index contributed by atoms with van der Waals surface area (Å²) in [6.45, 7) is 0.0233. The van der Waals surface area contributed by atoms with Crippen molar-refractivity contribution in [3.05, 3.63) is 34.2 Å². The molecule has 0 fully saturated rings. The normalized spacial score (nSPS) is 12.8. The Morgan fingerprint density at radius 3 is 2.69 bits per heavy atom. The second-order valence-corrected chi connectivity index (χ2v) is 3.51. The highest BCUT2D eigenvalue weighted by Gasteiger charge is 2.18. The second kappa shape index (κ2) is 3.82. The van der Waals surface area contributed by atoms with E-state index in [1.54, 1.807) is 18.2 Å². The van der Waals surface area contributed by atoms with E-state index in [4.69, 9.17) is 10.8 Å². The number of aliphatic carboxylic acids is 1. The molecule has 0 saturated heterocycles. The van der Waals surface area contributed by atoms with Crippen molar-refractivity contribution >= 4 is 17.0 Å². The van der Waals surface area contributed by atoms with Gasteiger partial charge in [0.2, 0.25) is 0 Å². The minimum absolute atomic E-state index is 0.0233. The smallest absolute Gasteiger partial charge is 0.323 e. The van der Waals surface area contributed by atoms with E-state index in [2.05, 4.69) is 9.97 Å². The minimum atomic E-state index is -0.972. The molecule has 1 unspecified atom stereocenters. The highest BCUT2D eigenvalue weighted by molar-refractivity contribution is 5.80. The number of carbonyl (C=O) groups is 1. The molecule has 0 aliphatic carbocycles. The predicted molar refractivity (Wildman–Crippen MR) is 58.4 cm³/mol. The third kappa shape index (κ3) is 1.70. The number of nitrogens with one attached hydrogen (secondary N) is 2. The van der Waals surface area contributed by atoms with Gasteiger partial charge in [-0.1, -0.05) is 6.07 Å². The molecule has 2 rings (SSSR count). The number of hydrogen-bond donors (Lipinski definition) is 4. The summed E-state index contributed by atoms with van der Waals surface area (Å²) in [5.74, 6) is -1.72. The first kappa shape index (κ1) is 10.4. The summed E-state index contributed by atoms with van der Waals surface area (Å²) in [6.07, 6.45) is 0. The van der Waals surface area contributed by atoms with Gasteiger partial charge in [0.25, 0.3) is 0 Å². The van der Waals surface area contributed by atoms with Crippen LogP contribution in [0.2, 0.25) is 0 Å². The number of fused-ring (bicyclic) bond motifs is 1. The van der Waals surface area contributed by atoms with Crippen molar-refractivity contribution in [3.8, 4) is 0 Å². The third-order valence-electron chi connectivity index (χ3n) is 2.48. The molecule has 6 nitrogen and oxygen atoms in total. The van der Waals surface area contributed by atoms with Crippen molar-refractivity contribution in [2.24, 2.45) is 5.73 Å². The van der Waals surface area contributed by atoms with E-state index >= 15 is 0 Å². The Balaban J connectivity index is 2.53. The molecule has 16 heavy (non-hydrogen) atoms. The van der Waals surface area contributed by atoms with Gasteiger partial charge >= 0.3 is 11.7 Å².